The second-order valence-electron chi connectivity index (χ2n) is 6.96. The molecule has 0 bridgehead atoms. The summed E-state index contributed by atoms with van der Waals surface area (Å²) in [5.41, 5.74) is 2.00. The van der Waals surface area contributed by atoms with Crippen molar-refractivity contribution in [2.45, 2.75) is 0 Å². The number of phenolic OH excluding ortho intramolecular Hbond substituents is 1. The quantitative estimate of drug-likeness (QED) is 0.375. The lowest BCUT2D eigenvalue weighted by molar-refractivity contribution is -0.127. The third-order valence-electron chi connectivity index (χ3n) is 4.57. The Balaban J connectivity index is 1.48. The highest BCUT2D eigenvalue weighted by Gasteiger charge is 2.36. The molecule has 3 amide bonds. The monoisotopic (exact) mass is 458 g/mol. The third-order valence-corrected chi connectivity index (χ3v) is 5.48. The maximum atomic E-state index is 12.7. The number of thioether (sulfide) groups is 1. The number of phenols is 1. The maximum Gasteiger partial charge on any atom is 0.294 e. The van der Waals surface area contributed by atoms with Crippen LogP contribution in [0.15, 0.2) is 94.0 Å². The average Bonchev–Trinajstić information content (AvgIpc) is 3.08. The predicted molar refractivity (Wildman–Crippen MR) is 126 cm³/mol. The number of para-hydroxylation sites is 1. The fraction of sp³-hybridized carbons (Fsp3) is 0.0417. The minimum atomic E-state index is -0.607. The fourth-order valence-corrected chi connectivity index (χ4v) is 3.80. The number of rotatable bonds is 6. The van der Waals surface area contributed by atoms with Gasteiger partial charge in [-0.1, -0.05) is 36.4 Å². The molecule has 1 heterocycles. The van der Waals surface area contributed by atoms with Crippen molar-refractivity contribution in [1.29, 1.82) is 0 Å². The summed E-state index contributed by atoms with van der Waals surface area (Å²) in [7, 11) is 0. The van der Waals surface area contributed by atoms with Gasteiger partial charge in [0, 0.05) is 11.3 Å². The largest absolute Gasteiger partial charge is 0.507 e. The first kappa shape index (κ1) is 22.0. The number of carbonyl (C=O) groups is 3. The molecular formula is C24H18N4O4S. The first-order valence-corrected chi connectivity index (χ1v) is 10.7. The van der Waals surface area contributed by atoms with Crippen molar-refractivity contribution in [3.63, 3.8) is 0 Å². The zero-order valence-electron chi connectivity index (χ0n) is 17.2. The van der Waals surface area contributed by atoms with Crippen LogP contribution in [0.3, 0.4) is 0 Å². The first-order chi connectivity index (χ1) is 16.0. The lowest BCUT2D eigenvalue weighted by atomic mass is 10.1. The molecule has 1 aliphatic rings. The summed E-state index contributed by atoms with van der Waals surface area (Å²) in [5, 5.41) is 20.6. The molecule has 33 heavy (non-hydrogen) atoms. The molecule has 3 aromatic rings. The summed E-state index contributed by atoms with van der Waals surface area (Å²) in [6.45, 7) is -0.409. The van der Waals surface area contributed by atoms with E-state index in [2.05, 4.69) is 15.5 Å². The lowest BCUT2D eigenvalue weighted by Gasteiger charge is -2.12. The van der Waals surface area contributed by atoms with E-state index >= 15 is 0 Å². The van der Waals surface area contributed by atoms with Gasteiger partial charge in [-0.15, -0.1) is 0 Å². The summed E-state index contributed by atoms with van der Waals surface area (Å²) in [4.78, 5) is 38.3. The highest BCUT2D eigenvalue weighted by molar-refractivity contribution is 8.18. The summed E-state index contributed by atoms with van der Waals surface area (Å²) < 4.78 is 0. The van der Waals surface area contributed by atoms with E-state index in [1.807, 2.05) is 24.3 Å². The second-order valence-corrected chi connectivity index (χ2v) is 7.95. The first-order valence-electron chi connectivity index (χ1n) is 9.90. The van der Waals surface area contributed by atoms with Gasteiger partial charge in [0.15, 0.2) is 0 Å². The van der Waals surface area contributed by atoms with Crippen LogP contribution < -0.4 is 5.32 Å². The predicted octanol–water partition coefficient (Wildman–Crippen LogP) is 5.48. The molecule has 1 fully saturated rings. The summed E-state index contributed by atoms with van der Waals surface area (Å²) in [6.07, 6.45) is 1.40. The standard InChI is InChI=1S/C24H18N4O4S/c29-20-12-11-19(27-26-18-9-5-2-6-10-18)13-16(20)14-21-23(31)28(24(32)33-21)15-22(30)25-17-7-3-1-4-8-17/h1-14,29H,15H2,(H,25,30)/b21-14-,27-26?. The van der Waals surface area contributed by atoms with Gasteiger partial charge in [0.1, 0.15) is 12.3 Å². The molecule has 0 saturated carbocycles. The molecule has 0 radical (unpaired) electrons. The van der Waals surface area contributed by atoms with E-state index in [9.17, 15) is 19.5 Å². The number of hydrogen-bond acceptors (Lipinski definition) is 7. The van der Waals surface area contributed by atoms with Gasteiger partial charge < -0.3 is 10.4 Å². The van der Waals surface area contributed by atoms with Gasteiger partial charge in [-0.3, -0.25) is 19.3 Å². The summed E-state index contributed by atoms with van der Waals surface area (Å²) in [6, 6.07) is 22.5. The molecule has 1 saturated heterocycles. The SMILES string of the molecule is O=C(CN1C(=O)S/C(=C\c2cc(N=Nc3ccccc3)ccc2O)C1=O)Nc1ccccc1. The highest BCUT2D eigenvalue weighted by Crippen LogP contribution is 2.35. The molecule has 0 atom stereocenters. The molecule has 0 spiro atoms. The minimum absolute atomic E-state index is 0.0812. The number of nitrogens with one attached hydrogen (secondary N) is 1. The van der Waals surface area contributed by atoms with Crippen LogP contribution >= 0.6 is 11.8 Å². The van der Waals surface area contributed by atoms with E-state index in [0.717, 1.165) is 4.90 Å². The number of aromatic hydroxyl groups is 1. The van der Waals surface area contributed by atoms with Crippen molar-refractivity contribution in [2.75, 3.05) is 11.9 Å². The number of nitrogens with zero attached hydrogens (tertiary/aromatic N) is 3. The smallest absolute Gasteiger partial charge is 0.294 e. The zero-order chi connectivity index (χ0) is 23.2. The molecule has 0 unspecified atom stereocenters. The van der Waals surface area contributed by atoms with E-state index in [4.69, 9.17) is 0 Å². The van der Waals surface area contributed by atoms with Gasteiger partial charge in [0.25, 0.3) is 11.1 Å². The van der Waals surface area contributed by atoms with Crippen LogP contribution in [-0.4, -0.2) is 33.6 Å². The van der Waals surface area contributed by atoms with Gasteiger partial charge in [-0.05, 0) is 60.3 Å². The molecule has 1 aliphatic heterocycles. The average molecular weight is 458 g/mol. The van der Waals surface area contributed by atoms with Gasteiger partial charge in [0.05, 0.1) is 16.3 Å². The van der Waals surface area contributed by atoms with E-state index in [1.54, 1.807) is 48.5 Å². The van der Waals surface area contributed by atoms with Gasteiger partial charge >= 0.3 is 0 Å². The number of azo groups is 1. The zero-order valence-corrected chi connectivity index (χ0v) is 18.0. The minimum Gasteiger partial charge on any atom is -0.507 e. The topological polar surface area (TPSA) is 111 Å². The number of carbonyl (C=O) groups excluding carboxylic acids is 3. The molecule has 0 aliphatic carbocycles. The van der Waals surface area contributed by atoms with E-state index in [-0.39, 0.29) is 10.7 Å². The maximum absolute atomic E-state index is 12.7. The van der Waals surface area contributed by atoms with E-state index in [1.165, 1.54) is 12.1 Å². The molecular weight excluding hydrogens is 440 g/mol. The Bertz CT molecular complexity index is 1260. The van der Waals surface area contributed by atoms with Crippen molar-refractivity contribution in [2.24, 2.45) is 10.2 Å². The Morgan fingerprint density at radius 1 is 0.939 bits per heavy atom. The summed E-state index contributed by atoms with van der Waals surface area (Å²) in [5.74, 6) is -1.18. The Hall–Kier alpha value is -4.24. The fourth-order valence-electron chi connectivity index (χ4n) is 2.97. The van der Waals surface area contributed by atoms with Crippen molar-refractivity contribution in [1.82, 2.24) is 4.90 Å². The summed E-state index contributed by atoms with van der Waals surface area (Å²) >= 11 is 0.703. The lowest BCUT2D eigenvalue weighted by Crippen LogP contribution is -2.36. The molecule has 2 N–H and O–H groups in total. The number of amides is 3. The molecule has 164 valence electrons. The number of benzene rings is 3. The van der Waals surface area contributed by atoms with Crippen molar-refractivity contribution in [3.8, 4) is 5.75 Å². The molecule has 8 nitrogen and oxygen atoms in total. The van der Waals surface area contributed by atoms with E-state index in [0.29, 0.717) is 34.4 Å². The highest BCUT2D eigenvalue weighted by atomic mass is 32.2. The Morgan fingerprint density at radius 2 is 1.61 bits per heavy atom. The van der Waals surface area contributed by atoms with Crippen LogP contribution in [0.25, 0.3) is 6.08 Å². The number of anilines is 1. The van der Waals surface area contributed by atoms with Gasteiger partial charge in [0.2, 0.25) is 5.91 Å². The van der Waals surface area contributed by atoms with Gasteiger partial charge in [-0.25, -0.2) is 0 Å². The molecule has 9 heteroatoms. The molecule has 4 rings (SSSR count). The normalized spacial score (nSPS) is 14.9. The van der Waals surface area contributed by atoms with E-state index < -0.39 is 23.6 Å². The van der Waals surface area contributed by atoms with Gasteiger partial charge in [-0.2, -0.15) is 10.2 Å². The van der Waals surface area contributed by atoms with Crippen molar-refractivity contribution in [3.05, 3.63) is 89.3 Å². The van der Waals surface area contributed by atoms with Crippen molar-refractivity contribution < 1.29 is 19.5 Å². The van der Waals surface area contributed by atoms with Crippen LogP contribution in [0.4, 0.5) is 21.9 Å². The van der Waals surface area contributed by atoms with Crippen LogP contribution in [0.5, 0.6) is 5.75 Å². The molecule has 3 aromatic carbocycles. The number of imide groups is 1. The second kappa shape index (κ2) is 9.92. The Kier molecular flexibility index (Phi) is 6.61. The van der Waals surface area contributed by atoms with Crippen LogP contribution in [0.1, 0.15) is 5.56 Å². The Morgan fingerprint density at radius 3 is 2.33 bits per heavy atom. The number of hydrogen-bond donors (Lipinski definition) is 2. The van der Waals surface area contributed by atoms with Crippen LogP contribution in [-0.2, 0) is 9.59 Å². The molecule has 0 aromatic heterocycles. The van der Waals surface area contributed by atoms with Crippen LogP contribution in [0.2, 0.25) is 0 Å². The third kappa shape index (κ3) is 5.52. The van der Waals surface area contributed by atoms with Crippen LogP contribution in [0, 0.1) is 0 Å². The Labute approximate surface area is 193 Å². The van der Waals surface area contributed by atoms with Crippen molar-refractivity contribution >= 4 is 52.0 Å².